The van der Waals surface area contributed by atoms with Gasteiger partial charge < -0.3 is 15.2 Å². The number of amides is 1. The summed E-state index contributed by atoms with van der Waals surface area (Å²) in [5, 5.41) is 3.11. The van der Waals surface area contributed by atoms with Crippen LogP contribution in [0.3, 0.4) is 0 Å². The number of rotatable bonds is 5. The Labute approximate surface area is 181 Å². The van der Waals surface area contributed by atoms with Gasteiger partial charge in [0.1, 0.15) is 0 Å². The molecule has 3 aromatic rings. The van der Waals surface area contributed by atoms with Crippen molar-refractivity contribution in [2.75, 3.05) is 26.2 Å². The van der Waals surface area contributed by atoms with Crippen molar-refractivity contribution in [3.8, 4) is 0 Å². The molecular formula is C25H28N4O2. The first-order chi connectivity index (χ1) is 15.2. The summed E-state index contributed by atoms with van der Waals surface area (Å²) >= 11 is 0. The maximum Gasteiger partial charge on any atom is 0.326 e. The Morgan fingerprint density at radius 1 is 1.06 bits per heavy atom. The third-order valence-electron chi connectivity index (χ3n) is 6.61. The van der Waals surface area contributed by atoms with Gasteiger partial charge in [0, 0.05) is 32.2 Å². The number of aromatic nitrogens is 2. The van der Waals surface area contributed by atoms with Crippen LogP contribution in [0, 0.1) is 5.92 Å². The van der Waals surface area contributed by atoms with Gasteiger partial charge in [-0.3, -0.25) is 9.36 Å². The van der Waals surface area contributed by atoms with Gasteiger partial charge in [-0.25, -0.2) is 4.79 Å². The summed E-state index contributed by atoms with van der Waals surface area (Å²) < 4.78 is 1.92. The highest BCUT2D eigenvalue weighted by Crippen LogP contribution is 2.25. The molecule has 1 fully saturated rings. The summed E-state index contributed by atoms with van der Waals surface area (Å²) in [5.74, 6) is 0.0142. The molecule has 1 atom stereocenters. The van der Waals surface area contributed by atoms with Crippen LogP contribution in [0.1, 0.15) is 30.0 Å². The minimum atomic E-state index is -0.0885. The average molecular weight is 417 g/mol. The Balaban J connectivity index is 1.11. The Hall–Kier alpha value is -3.12. The molecule has 0 spiro atoms. The van der Waals surface area contributed by atoms with Crippen LogP contribution in [0.2, 0.25) is 0 Å². The first kappa shape index (κ1) is 19.8. The van der Waals surface area contributed by atoms with Gasteiger partial charge in [0.2, 0.25) is 5.91 Å². The van der Waals surface area contributed by atoms with Crippen molar-refractivity contribution in [1.82, 2.24) is 19.8 Å². The predicted molar refractivity (Wildman–Crippen MR) is 123 cm³/mol. The van der Waals surface area contributed by atoms with E-state index in [1.54, 1.807) is 0 Å². The van der Waals surface area contributed by atoms with Crippen molar-refractivity contribution >= 4 is 23.0 Å². The molecule has 2 aromatic carbocycles. The number of carbonyl (C=O) groups is 1. The minimum Gasteiger partial charge on any atom is -0.354 e. The summed E-state index contributed by atoms with van der Waals surface area (Å²) in [4.78, 5) is 30.4. The summed E-state index contributed by atoms with van der Waals surface area (Å²) in [7, 11) is 0. The molecule has 1 unspecified atom stereocenters. The molecule has 5 rings (SSSR count). The van der Waals surface area contributed by atoms with Crippen molar-refractivity contribution in [2.24, 2.45) is 5.92 Å². The van der Waals surface area contributed by atoms with Crippen LogP contribution in [0.25, 0.3) is 17.1 Å². The van der Waals surface area contributed by atoms with E-state index in [1.807, 2.05) is 47.0 Å². The molecule has 1 aliphatic carbocycles. The van der Waals surface area contributed by atoms with Crippen LogP contribution >= 0.6 is 0 Å². The molecule has 31 heavy (non-hydrogen) atoms. The van der Waals surface area contributed by atoms with Gasteiger partial charge in [0.15, 0.2) is 0 Å². The van der Waals surface area contributed by atoms with E-state index < -0.39 is 0 Å². The van der Waals surface area contributed by atoms with Gasteiger partial charge in [-0.05, 0) is 42.5 Å². The standard InChI is InChI=1S/C25H28N4O2/c30-24(20-10-9-18-5-1-2-6-19(18)17-20)26-13-16-28-14-11-21(12-15-28)29-23-8-4-3-7-22(23)27-25(29)31/h1-10,20-21H,11-17H2,(H,26,30)(H,27,31). The fourth-order valence-electron chi connectivity index (χ4n) is 4.89. The summed E-state index contributed by atoms with van der Waals surface area (Å²) in [6.07, 6.45) is 6.72. The van der Waals surface area contributed by atoms with E-state index in [9.17, 15) is 9.59 Å². The number of H-pyrrole nitrogens is 1. The second-order valence-corrected chi connectivity index (χ2v) is 8.55. The second kappa shape index (κ2) is 8.55. The molecular weight excluding hydrogens is 388 g/mol. The average Bonchev–Trinajstić information content (AvgIpc) is 3.15. The highest BCUT2D eigenvalue weighted by molar-refractivity contribution is 5.83. The zero-order chi connectivity index (χ0) is 21.2. The lowest BCUT2D eigenvalue weighted by molar-refractivity contribution is -0.123. The number of fused-ring (bicyclic) bond motifs is 2. The van der Waals surface area contributed by atoms with Crippen LogP contribution in [0.15, 0.2) is 59.4 Å². The summed E-state index contributed by atoms with van der Waals surface area (Å²) in [6, 6.07) is 16.4. The number of piperidine rings is 1. The van der Waals surface area contributed by atoms with Gasteiger partial charge in [0.05, 0.1) is 17.0 Å². The van der Waals surface area contributed by atoms with E-state index in [-0.39, 0.29) is 23.6 Å². The van der Waals surface area contributed by atoms with Gasteiger partial charge in [0.25, 0.3) is 0 Å². The van der Waals surface area contributed by atoms with E-state index >= 15 is 0 Å². The van der Waals surface area contributed by atoms with Gasteiger partial charge >= 0.3 is 5.69 Å². The number of likely N-dealkylation sites (tertiary alicyclic amines) is 1. The van der Waals surface area contributed by atoms with E-state index in [4.69, 9.17) is 0 Å². The molecule has 0 saturated carbocycles. The third-order valence-corrected chi connectivity index (χ3v) is 6.61. The lowest BCUT2D eigenvalue weighted by atomic mass is 9.89. The molecule has 2 N–H and O–H groups in total. The van der Waals surface area contributed by atoms with Crippen LogP contribution in [-0.2, 0) is 11.2 Å². The second-order valence-electron chi connectivity index (χ2n) is 8.55. The third kappa shape index (κ3) is 4.08. The number of carbonyl (C=O) groups excluding carboxylic acids is 1. The van der Waals surface area contributed by atoms with Crippen molar-refractivity contribution in [2.45, 2.75) is 25.3 Å². The van der Waals surface area contributed by atoms with E-state index in [2.05, 4.69) is 33.4 Å². The Morgan fingerprint density at radius 3 is 2.71 bits per heavy atom. The zero-order valence-electron chi connectivity index (χ0n) is 17.6. The smallest absolute Gasteiger partial charge is 0.326 e. The van der Waals surface area contributed by atoms with Crippen LogP contribution in [-0.4, -0.2) is 46.5 Å². The molecule has 6 nitrogen and oxygen atoms in total. The number of aromatic amines is 1. The Bertz CT molecular complexity index is 1170. The fraction of sp³-hybridized carbons (Fsp3) is 0.360. The van der Waals surface area contributed by atoms with Crippen molar-refractivity contribution in [3.63, 3.8) is 0 Å². The Morgan fingerprint density at radius 2 is 1.84 bits per heavy atom. The molecule has 2 aliphatic rings. The topological polar surface area (TPSA) is 70.1 Å². The largest absolute Gasteiger partial charge is 0.354 e. The van der Waals surface area contributed by atoms with Crippen LogP contribution in [0.5, 0.6) is 0 Å². The van der Waals surface area contributed by atoms with Crippen molar-refractivity contribution in [3.05, 3.63) is 76.2 Å². The SMILES string of the molecule is O=C(NCCN1CCC(n2c(=O)[nH]c3ccccc32)CC1)C1C=Cc2ccccc2C1. The molecule has 160 valence electrons. The molecule has 2 heterocycles. The maximum atomic E-state index is 12.6. The monoisotopic (exact) mass is 416 g/mol. The highest BCUT2D eigenvalue weighted by Gasteiger charge is 2.24. The normalized spacial score (nSPS) is 19.4. The van der Waals surface area contributed by atoms with E-state index in [0.29, 0.717) is 6.54 Å². The van der Waals surface area contributed by atoms with E-state index in [0.717, 1.165) is 49.9 Å². The first-order valence-corrected chi connectivity index (χ1v) is 11.1. The molecule has 6 heteroatoms. The summed E-state index contributed by atoms with van der Waals surface area (Å²) in [5.41, 5.74) is 4.31. The number of imidazole rings is 1. The quantitative estimate of drug-likeness (QED) is 0.672. The summed E-state index contributed by atoms with van der Waals surface area (Å²) in [6.45, 7) is 3.36. The van der Waals surface area contributed by atoms with Gasteiger partial charge in [-0.1, -0.05) is 48.6 Å². The Kier molecular flexibility index (Phi) is 5.47. The number of benzene rings is 2. The number of hydrogen-bond acceptors (Lipinski definition) is 3. The van der Waals surface area contributed by atoms with E-state index in [1.165, 1.54) is 11.1 Å². The molecule has 0 bridgehead atoms. The number of hydrogen-bond donors (Lipinski definition) is 2. The number of nitrogens with one attached hydrogen (secondary N) is 2. The number of para-hydroxylation sites is 2. The minimum absolute atomic E-state index is 0.0194. The van der Waals surface area contributed by atoms with Crippen LogP contribution < -0.4 is 11.0 Å². The van der Waals surface area contributed by atoms with Gasteiger partial charge in [-0.2, -0.15) is 0 Å². The van der Waals surface area contributed by atoms with Crippen molar-refractivity contribution in [1.29, 1.82) is 0 Å². The molecule has 1 aliphatic heterocycles. The lowest BCUT2D eigenvalue weighted by Gasteiger charge is -2.32. The van der Waals surface area contributed by atoms with Crippen molar-refractivity contribution < 1.29 is 4.79 Å². The fourth-order valence-corrected chi connectivity index (χ4v) is 4.89. The van der Waals surface area contributed by atoms with Crippen LogP contribution in [0.4, 0.5) is 0 Å². The van der Waals surface area contributed by atoms with Gasteiger partial charge in [-0.15, -0.1) is 0 Å². The highest BCUT2D eigenvalue weighted by atomic mass is 16.2. The first-order valence-electron chi connectivity index (χ1n) is 11.1. The molecule has 1 amide bonds. The maximum absolute atomic E-state index is 12.6. The number of nitrogens with zero attached hydrogens (tertiary/aromatic N) is 2. The zero-order valence-corrected chi connectivity index (χ0v) is 17.6. The predicted octanol–water partition coefficient (Wildman–Crippen LogP) is 2.97. The molecule has 1 aromatic heterocycles. The lowest BCUT2D eigenvalue weighted by Crippen LogP contribution is -2.42. The molecule has 0 radical (unpaired) electrons. The molecule has 1 saturated heterocycles.